The first-order valence-electron chi connectivity index (χ1n) is 12.3. The molecule has 6 rings (SSSR count). The number of halogens is 1. The maximum absolute atomic E-state index is 14.5. The van der Waals surface area contributed by atoms with Gasteiger partial charge in [0.25, 0.3) is 5.91 Å². The highest BCUT2D eigenvalue weighted by atomic mass is 35.5. The molecular formula is C29H26ClN3O3S. The van der Waals surface area contributed by atoms with E-state index in [0.29, 0.717) is 23.7 Å². The van der Waals surface area contributed by atoms with Crippen molar-refractivity contribution in [2.24, 2.45) is 11.8 Å². The molecule has 3 heterocycles. The fraction of sp³-hybridized carbons (Fsp3) is 0.276. The summed E-state index contributed by atoms with van der Waals surface area (Å²) in [5.74, 6) is -1.51. The van der Waals surface area contributed by atoms with Crippen LogP contribution >= 0.6 is 23.4 Å². The molecule has 3 aliphatic rings. The van der Waals surface area contributed by atoms with Gasteiger partial charge < -0.3 is 4.90 Å². The Kier molecular flexibility index (Phi) is 6.10. The number of amides is 3. The number of benzene rings is 3. The molecule has 0 bridgehead atoms. The third-order valence-electron chi connectivity index (χ3n) is 7.75. The number of thioether (sulfide) groups is 1. The second-order valence-electron chi connectivity index (χ2n) is 9.73. The average Bonchev–Trinajstić information content (AvgIpc) is 3.47. The summed E-state index contributed by atoms with van der Waals surface area (Å²) in [5.41, 5.74) is 1.65. The van der Waals surface area contributed by atoms with Gasteiger partial charge in [-0.2, -0.15) is 11.8 Å². The van der Waals surface area contributed by atoms with Crippen LogP contribution in [0.5, 0.6) is 0 Å². The number of imide groups is 1. The Bertz CT molecular complexity index is 1400. The smallest absolute Gasteiger partial charge is 0.253 e. The lowest BCUT2D eigenvalue weighted by atomic mass is 9.76. The second-order valence-corrected chi connectivity index (χ2v) is 11.2. The van der Waals surface area contributed by atoms with E-state index in [0.717, 1.165) is 22.6 Å². The van der Waals surface area contributed by atoms with Crippen LogP contribution in [0, 0.1) is 11.8 Å². The molecule has 188 valence electrons. The summed E-state index contributed by atoms with van der Waals surface area (Å²) in [6.07, 6.45) is 2.68. The molecule has 3 aromatic carbocycles. The molecule has 6 nitrogen and oxygen atoms in total. The Morgan fingerprint density at radius 2 is 1.70 bits per heavy atom. The fourth-order valence-electron chi connectivity index (χ4n) is 6.23. The number of anilines is 2. The SMILES string of the molecule is CSCC[C@@H]1N[C@]2(C(=O)N(Cc3ccccc3)c3ccccc32)[C@H]2C(=O)N(c3cccc(Cl)c3)C(=O)[C@@H]12. The van der Waals surface area contributed by atoms with Crippen molar-refractivity contribution in [2.75, 3.05) is 21.8 Å². The van der Waals surface area contributed by atoms with Gasteiger partial charge in [-0.3, -0.25) is 19.7 Å². The number of hydrogen-bond acceptors (Lipinski definition) is 5. The van der Waals surface area contributed by atoms with Crippen LogP contribution in [0.1, 0.15) is 17.5 Å². The molecular weight excluding hydrogens is 506 g/mol. The first-order valence-corrected chi connectivity index (χ1v) is 14.1. The van der Waals surface area contributed by atoms with Crippen molar-refractivity contribution >= 4 is 52.5 Å². The van der Waals surface area contributed by atoms with E-state index >= 15 is 0 Å². The van der Waals surface area contributed by atoms with Gasteiger partial charge in [-0.25, -0.2) is 4.90 Å². The van der Waals surface area contributed by atoms with E-state index in [9.17, 15) is 14.4 Å². The van der Waals surface area contributed by atoms with Crippen molar-refractivity contribution in [1.29, 1.82) is 0 Å². The van der Waals surface area contributed by atoms with Gasteiger partial charge in [0.15, 0.2) is 0 Å². The van der Waals surface area contributed by atoms with Crippen molar-refractivity contribution in [3.8, 4) is 0 Å². The highest BCUT2D eigenvalue weighted by molar-refractivity contribution is 7.98. The standard InChI is InChI=1S/C29H26ClN3O3S/c1-37-15-14-22-24-25(27(35)33(26(24)34)20-11-7-10-19(30)16-20)29(31-22)21-12-5-6-13-23(21)32(28(29)36)17-18-8-3-2-4-9-18/h2-13,16,22,24-25,31H,14-15,17H2,1H3/t22-,24-,25+,29-/m0/s1. The maximum atomic E-state index is 14.5. The van der Waals surface area contributed by atoms with Crippen LogP contribution in [0.25, 0.3) is 0 Å². The average molecular weight is 532 g/mol. The van der Waals surface area contributed by atoms with Crippen LogP contribution in [0.15, 0.2) is 78.9 Å². The van der Waals surface area contributed by atoms with Gasteiger partial charge in [0.2, 0.25) is 11.8 Å². The minimum Gasteiger partial charge on any atom is -0.306 e. The van der Waals surface area contributed by atoms with Crippen LogP contribution in [-0.2, 0) is 26.5 Å². The van der Waals surface area contributed by atoms with Gasteiger partial charge in [0.1, 0.15) is 5.54 Å². The number of fused-ring (bicyclic) bond motifs is 4. The number of rotatable bonds is 6. The van der Waals surface area contributed by atoms with Crippen LogP contribution in [0.2, 0.25) is 5.02 Å². The minimum atomic E-state index is -1.31. The molecule has 0 radical (unpaired) electrons. The zero-order chi connectivity index (χ0) is 25.7. The molecule has 0 saturated carbocycles. The molecule has 0 aliphatic carbocycles. The third kappa shape index (κ3) is 3.63. The second kappa shape index (κ2) is 9.31. The van der Waals surface area contributed by atoms with Crippen molar-refractivity contribution in [3.05, 3.63) is 95.0 Å². The Hall–Kier alpha value is -3.13. The van der Waals surface area contributed by atoms with Crippen LogP contribution in [0.4, 0.5) is 11.4 Å². The predicted molar refractivity (Wildman–Crippen MR) is 147 cm³/mol. The summed E-state index contributed by atoms with van der Waals surface area (Å²) < 4.78 is 0. The molecule has 3 aromatic rings. The highest BCUT2D eigenvalue weighted by Crippen LogP contribution is 2.55. The summed E-state index contributed by atoms with van der Waals surface area (Å²) in [4.78, 5) is 45.5. The molecule has 0 unspecified atom stereocenters. The normalized spacial score (nSPS) is 26.3. The Balaban J connectivity index is 1.48. The van der Waals surface area contributed by atoms with Crippen molar-refractivity contribution < 1.29 is 14.4 Å². The lowest BCUT2D eigenvalue weighted by Gasteiger charge is -2.30. The van der Waals surface area contributed by atoms with E-state index in [1.807, 2.05) is 60.9 Å². The third-order valence-corrected chi connectivity index (χ3v) is 8.63. The molecule has 2 saturated heterocycles. The minimum absolute atomic E-state index is 0.187. The largest absolute Gasteiger partial charge is 0.306 e. The van der Waals surface area contributed by atoms with Gasteiger partial charge in [0.05, 0.1) is 24.1 Å². The molecule has 4 atom stereocenters. The molecule has 1 spiro atoms. The molecule has 3 amide bonds. The molecule has 37 heavy (non-hydrogen) atoms. The predicted octanol–water partition coefficient (Wildman–Crippen LogP) is 4.61. The topological polar surface area (TPSA) is 69.7 Å². The molecule has 8 heteroatoms. The van der Waals surface area contributed by atoms with Crippen LogP contribution in [0.3, 0.4) is 0 Å². The first kappa shape index (κ1) is 24.2. The van der Waals surface area contributed by atoms with Crippen molar-refractivity contribution in [2.45, 2.75) is 24.5 Å². The Morgan fingerprint density at radius 1 is 0.946 bits per heavy atom. The number of nitrogens with zero attached hydrogens (tertiary/aromatic N) is 2. The monoisotopic (exact) mass is 531 g/mol. The van der Waals surface area contributed by atoms with Gasteiger partial charge >= 0.3 is 0 Å². The van der Waals surface area contributed by atoms with Gasteiger partial charge in [0, 0.05) is 22.3 Å². The molecule has 0 aromatic heterocycles. The maximum Gasteiger partial charge on any atom is 0.253 e. The number of carbonyl (C=O) groups is 3. The number of para-hydroxylation sites is 1. The summed E-state index contributed by atoms with van der Waals surface area (Å²) in [6.45, 7) is 0.382. The lowest BCUT2D eigenvalue weighted by molar-refractivity contribution is -0.132. The Labute approximate surface area is 225 Å². The summed E-state index contributed by atoms with van der Waals surface area (Å²) in [7, 11) is 0. The lowest BCUT2D eigenvalue weighted by Crippen LogP contribution is -2.55. The number of hydrogen-bond donors (Lipinski definition) is 1. The highest BCUT2D eigenvalue weighted by Gasteiger charge is 2.71. The van der Waals surface area contributed by atoms with E-state index in [1.165, 1.54) is 4.90 Å². The quantitative estimate of drug-likeness (QED) is 0.470. The number of nitrogens with one attached hydrogen (secondary N) is 1. The van der Waals surface area contributed by atoms with E-state index in [-0.39, 0.29) is 23.8 Å². The van der Waals surface area contributed by atoms with Crippen molar-refractivity contribution in [3.63, 3.8) is 0 Å². The number of carbonyl (C=O) groups excluding carboxylic acids is 3. The van der Waals surface area contributed by atoms with Crippen molar-refractivity contribution in [1.82, 2.24) is 5.32 Å². The first-order chi connectivity index (χ1) is 18.0. The summed E-state index contributed by atoms with van der Waals surface area (Å²) >= 11 is 7.90. The van der Waals surface area contributed by atoms with E-state index in [4.69, 9.17) is 11.6 Å². The zero-order valence-corrected chi connectivity index (χ0v) is 21.8. The van der Waals surface area contributed by atoms with Gasteiger partial charge in [-0.05, 0) is 48.3 Å². The van der Waals surface area contributed by atoms with Gasteiger partial charge in [-0.15, -0.1) is 0 Å². The summed E-state index contributed by atoms with van der Waals surface area (Å²) in [6, 6.07) is 23.9. The van der Waals surface area contributed by atoms with Crippen LogP contribution in [-0.4, -0.2) is 35.8 Å². The van der Waals surface area contributed by atoms with Gasteiger partial charge in [-0.1, -0.05) is 66.2 Å². The summed E-state index contributed by atoms with van der Waals surface area (Å²) in [5, 5.41) is 4.01. The van der Waals surface area contributed by atoms with E-state index < -0.39 is 17.4 Å². The fourth-order valence-corrected chi connectivity index (χ4v) is 6.91. The van der Waals surface area contributed by atoms with E-state index in [2.05, 4.69) is 5.32 Å². The molecule has 2 fully saturated rings. The Morgan fingerprint density at radius 3 is 2.46 bits per heavy atom. The zero-order valence-electron chi connectivity index (χ0n) is 20.3. The van der Waals surface area contributed by atoms with Crippen LogP contribution < -0.4 is 15.1 Å². The molecule has 1 N–H and O–H groups in total. The van der Waals surface area contributed by atoms with E-state index in [1.54, 1.807) is 40.9 Å². The molecule has 3 aliphatic heterocycles.